The fourth-order valence-electron chi connectivity index (χ4n) is 4.95. The Morgan fingerprint density at radius 2 is 1.97 bits per heavy atom. The Morgan fingerprint density at radius 1 is 1.08 bits per heavy atom. The van der Waals surface area contributed by atoms with Crippen molar-refractivity contribution in [3.05, 3.63) is 73.3 Å². The number of aromatic nitrogens is 4. The molecule has 0 spiro atoms. The quantitative estimate of drug-likeness (QED) is 0.217. The number of fused-ring (bicyclic) bond motifs is 1. The van der Waals surface area contributed by atoms with Gasteiger partial charge in [0.15, 0.2) is 0 Å². The molecule has 1 fully saturated rings. The second-order valence-corrected chi connectivity index (χ2v) is 10.3. The van der Waals surface area contributed by atoms with E-state index >= 15 is 0 Å². The monoisotopic (exact) mass is 524 g/mol. The van der Waals surface area contributed by atoms with E-state index in [0.717, 1.165) is 72.4 Å². The normalized spacial score (nSPS) is 17.6. The maximum atomic E-state index is 13.1. The summed E-state index contributed by atoms with van der Waals surface area (Å²) in [6, 6.07) is 14.0. The smallest absolute Gasteiger partial charge is 0.227 e. The minimum atomic E-state index is 0.00835. The Labute approximate surface area is 229 Å². The molecular weight excluding hydrogens is 488 g/mol. The van der Waals surface area contributed by atoms with Gasteiger partial charge in [-0.2, -0.15) is 0 Å². The SMILES string of the molecule is CN(C)C/C=C/CNC1CCCC(C(=O)Nc2cccc(Nc3cc(-c4cnc5[nH]ccc5c4)ncn3)c2)C1. The summed E-state index contributed by atoms with van der Waals surface area (Å²) in [7, 11) is 4.12. The number of nitrogens with one attached hydrogen (secondary N) is 4. The van der Waals surface area contributed by atoms with Gasteiger partial charge in [0.05, 0.1) is 5.69 Å². The van der Waals surface area contributed by atoms with E-state index in [4.69, 9.17) is 0 Å². The molecule has 1 amide bonds. The van der Waals surface area contributed by atoms with Crippen LogP contribution in [0.1, 0.15) is 25.7 Å². The molecule has 2 unspecified atom stereocenters. The average Bonchev–Trinajstić information content (AvgIpc) is 3.41. The Kier molecular flexibility index (Phi) is 8.60. The first-order valence-corrected chi connectivity index (χ1v) is 13.5. The topological polar surface area (TPSA) is 111 Å². The van der Waals surface area contributed by atoms with Crippen LogP contribution in [0.2, 0.25) is 0 Å². The number of benzene rings is 1. The molecule has 9 heteroatoms. The highest BCUT2D eigenvalue weighted by atomic mass is 16.1. The number of nitrogens with zero attached hydrogens (tertiary/aromatic N) is 4. The number of amides is 1. The van der Waals surface area contributed by atoms with E-state index in [1.807, 2.05) is 48.7 Å². The zero-order chi connectivity index (χ0) is 27.0. The van der Waals surface area contributed by atoms with E-state index in [1.165, 1.54) is 6.33 Å². The summed E-state index contributed by atoms with van der Waals surface area (Å²) in [5.74, 6) is 0.756. The maximum absolute atomic E-state index is 13.1. The molecule has 5 rings (SSSR count). The first-order valence-electron chi connectivity index (χ1n) is 13.5. The van der Waals surface area contributed by atoms with E-state index in [1.54, 1.807) is 6.20 Å². The molecular formula is C30H36N8O. The van der Waals surface area contributed by atoms with Crippen LogP contribution in [0.5, 0.6) is 0 Å². The van der Waals surface area contributed by atoms with E-state index in [2.05, 4.69) is 67.0 Å². The van der Waals surface area contributed by atoms with Gasteiger partial charge in [-0.25, -0.2) is 15.0 Å². The fraction of sp³-hybridized carbons (Fsp3) is 0.333. The van der Waals surface area contributed by atoms with Gasteiger partial charge in [-0.15, -0.1) is 0 Å². The van der Waals surface area contributed by atoms with Gasteiger partial charge in [0.2, 0.25) is 5.91 Å². The summed E-state index contributed by atoms with van der Waals surface area (Å²) in [5.41, 5.74) is 4.14. The largest absolute Gasteiger partial charge is 0.346 e. The van der Waals surface area contributed by atoms with Crippen molar-refractivity contribution in [3.8, 4) is 11.3 Å². The van der Waals surface area contributed by atoms with Crippen LogP contribution in [0, 0.1) is 5.92 Å². The number of carbonyl (C=O) groups is 1. The summed E-state index contributed by atoms with van der Waals surface area (Å²) in [4.78, 5) is 31.6. The first kappa shape index (κ1) is 26.5. The molecule has 39 heavy (non-hydrogen) atoms. The molecule has 4 aromatic rings. The van der Waals surface area contributed by atoms with Crippen molar-refractivity contribution >= 4 is 34.1 Å². The predicted molar refractivity (Wildman–Crippen MR) is 157 cm³/mol. The lowest BCUT2D eigenvalue weighted by atomic mass is 9.85. The standard InChI is InChI=1S/C30H36N8O/c1-38(2)14-4-3-12-31-24-8-5-7-22(16-24)30(39)37-26-10-6-9-25(17-26)36-28-18-27(34-20-35-28)23-15-21-11-13-32-29(21)33-19-23/h3-4,6,9-11,13,15,17-20,22,24,31H,5,7-8,12,14,16H2,1-2H3,(H,32,33)(H,37,39)(H,34,35,36)/b4-3+. The molecule has 0 bridgehead atoms. The van der Waals surface area contributed by atoms with Crippen LogP contribution in [0.15, 0.2) is 73.3 Å². The van der Waals surface area contributed by atoms with Gasteiger partial charge in [-0.3, -0.25) is 4.79 Å². The third kappa shape index (κ3) is 7.28. The molecule has 1 aromatic carbocycles. The summed E-state index contributed by atoms with van der Waals surface area (Å²) < 4.78 is 0. The number of aromatic amines is 1. The summed E-state index contributed by atoms with van der Waals surface area (Å²) >= 11 is 0. The zero-order valence-corrected chi connectivity index (χ0v) is 22.5. The van der Waals surface area contributed by atoms with Crippen LogP contribution in [-0.2, 0) is 4.79 Å². The number of likely N-dealkylation sites (N-methyl/N-ethyl adjacent to an activating group) is 1. The Bertz CT molecular complexity index is 1430. The lowest BCUT2D eigenvalue weighted by molar-refractivity contribution is -0.121. The van der Waals surface area contributed by atoms with Crippen molar-refractivity contribution < 1.29 is 4.79 Å². The molecule has 202 valence electrons. The van der Waals surface area contributed by atoms with Crippen molar-refractivity contribution in [1.82, 2.24) is 30.2 Å². The molecule has 3 aromatic heterocycles. The van der Waals surface area contributed by atoms with E-state index in [-0.39, 0.29) is 11.8 Å². The number of pyridine rings is 1. The third-order valence-corrected chi connectivity index (χ3v) is 6.97. The molecule has 3 heterocycles. The molecule has 4 N–H and O–H groups in total. The lowest BCUT2D eigenvalue weighted by Crippen LogP contribution is -2.38. The van der Waals surface area contributed by atoms with Crippen molar-refractivity contribution in [2.75, 3.05) is 37.8 Å². The van der Waals surface area contributed by atoms with Gasteiger partial charge in [0.1, 0.15) is 17.8 Å². The molecule has 0 aliphatic heterocycles. The van der Waals surface area contributed by atoms with Crippen molar-refractivity contribution in [2.45, 2.75) is 31.7 Å². The Morgan fingerprint density at radius 3 is 2.87 bits per heavy atom. The molecule has 1 aliphatic carbocycles. The second kappa shape index (κ2) is 12.6. The van der Waals surface area contributed by atoms with Crippen LogP contribution in [0.25, 0.3) is 22.3 Å². The van der Waals surface area contributed by atoms with Gasteiger partial charge in [0.25, 0.3) is 0 Å². The first-order chi connectivity index (χ1) is 19.0. The van der Waals surface area contributed by atoms with Crippen LogP contribution < -0.4 is 16.0 Å². The number of hydrogen-bond acceptors (Lipinski definition) is 7. The number of anilines is 3. The number of H-pyrrole nitrogens is 1. The minimum absolute atomic E-state index is 0.00835. The highest BCUT2D eigenvalue weighted by molar-refractivity contribution is 5.93. The van der Waals surface area contributed by atoms with Crippen molar-refractivity contribution in [1.29, 1.82) is 0 Å². The highest BCUT2D eigenvalue weighted by Gasteiger charge is 2.27. The Balaban J connectivity index is 1.17. The summed E-state index contributed by atoms with van der Waals surface area (Å²) in [6.45, 7) is 1.77. The summed E-state index contributed by atoms with van der Waals surface area (Å²) in [5, 5.41) is 11.1. The number of carbonyl (C=O) groups excluding carboxylic acids is 1. The van der Waals surface area contributed by atoms with Crippen molar-refractivity contribution in [3.63, 3.8) is 0 Å². The average molecular weight is 525 g/mol. The van der Waals surface area contributed by atoms with E-state index < -0.39 is 0 Å². The molecule has 2 atom stereocenters. The summed E-state index contributed by atoms with van der Waals surface area (Å²) in [6.07, 6.45) is 13.5. The van der Waals surface area contributed by atoms with Crippen LogP contribution >= 0.6 is 0 Å². The fourth-order valence-corrected chi connectivity index (χ4v) is 4.95. The molecule has 0 radical (unpaired) electrons. The lowest BCUT2D eigenvalue weighted by Gasteiger charge is -2.29. The molecule has 0 saturated heterocycles. The van der Waals surface area contributed by atoms with Gasteiger partial charge < -0.3 is 25.8 Å². The third-order valence-electron chi connectivity index (χ3n) is 6.97. The van der Waals surface area contributed by atoms with E-state index in [9.17, 15) is 4.79 Å². The number of rotatable bonds is 10. The molecule has 1 aliphatic rings. The molecule has 9 nitrogen and oxygen atoms in total. The van der Waals surface area contributed by atoms with Gasteiger partial charge in [0, 0.05) is 65.8 Å². The van der Waals surface area contributed by atoms with Crippen LogP contribution in [0.4, 0.5) is 17.2 Å². The predicted octanol–water partition coefficient (Wildman–Crippen LogP) is 4.97. The van der Waals surface area contributed by atoms with Gasteiger partial charge in [-0.05, 0) is 63.7 Å². The van der Waals surface area contributed by atoms with E-state index in [0.29, 0.717) is 11.9 Å². The second-order valence-electron chi connectivity index (χ2n) is 10.3. The number of hydrogen-bond donors (Lipinski definition) is 4. The van der Waals surface area contributed by atoms with Crippen LogP contribution in [0.3, 0.4) is 0 Å². The van der Waals surface area contributed by atoms with Crippen LogP contribution in [-0.4, -0.2) is 64.0 Å². The van der Waals surface area contributed by atoms with Gasteiger partial charge in [-0.1, -0.05) is 24.6 Å². The minimum Gasteiger partial charge on any atom is -0.346 e. The van der Waals surface area contributed by atoms with Crippen molar-refractivity contribution in [2.24, 2.45) is 5.92 Å². The zero-order valence-electron chi connectivity index (χ0n) is 22.5. The van der Waals surface area contributed by atoms with Gasteiger partial charge >= 0.3 is 0 Å². The highest BCUT2D eigenvalue weighted by Crippen LogP contribution is 2.27. The Hall–Kier alpha value is -4.08. The maximum Gasteiger partial charge on any atom is 0.227 e. The molecule has 1 saturated carbocycles.